The van der Waals surface area contributed by atoms with Crippen LogP contribution >= 0.6 is 0 Å². The molecule has 11 heteroatoms. The summed E-state index contributed by atoms with van der Waals surface area (Å²) < 4.78 is 79.1. The average Bonchev–Trinajstić information content (AvgIpc) is 2.72. The average molecular weight is 486 g/mol. The summed E-state index contributed by atoms with van der Waals surface area (Å²) in [5.74, 6) is -3.64. The first kappa shape index (κ1) is 25.0. The molecule has 2 heterocycles. The Labute approximate surface area is 190 Å². The molecule has 0 unspecified atom stereocenters. The second kappa shape index (κ2) is 8.94. The second-order valence-electron chi connectivity index (χ2n) is 8.88. The third-order valence-electron chi connectivity index (χ3n) is 5.56. The Balaban J connectivity index is 2.11. The van der Waals surface area contributed by atoms with Gasteiger partial charge in [0, 0.05) is 18.2 Å². The van der Waals surface area contributed by atoms with Crippen molar-refractivity contribution in [2.75, 3.05) is 13.2 Å². The predicted molar refractivity (Wildman–Crippen MR) is 117 cm³/mol. The molecule has 1 saturated heterocycles. The van der Waals surface area contributed by atoms with Gasteiger partial charge in [-0.2, -0.15) is 0 Å². The molecule has 1 aromatic carbocycles. The quantitative estimate of drug-likeness (QED) is 0.673. The third-order valence-corrected chi connectivity index (χ3v) is 8.36. The van der Waals surface area contributed by atoms with E-state index in [4.69, 9.17) is 14.9 Å². The lowest BCUT2D eigenvalue weighted by molar-refractivity contribution is -0.0216. The van der Waals surface area contributed by atoms with E-state index in [1.54, 1.807) is 13.8 Å². The second-order valence-corrected chi connectivity index (χ2v) is 11.6. The molecule has 0 bridgehead atoms. The minimum atomic E-state index is -4.20. The molecule has 3 rings (SSSR count). The van der Waals surface area contributed by atoms with Gasteiger partial charge in [-0.1, -0.05) is 0 Å². The summed E-state index contributed by atoms with van der Waals surface area (Å²) in [7, 11) is -4.20. The van der Waals surface area contributed by atoms with Gasteiger partial charge in [-0.3, -0.25) is 5.41 Å². The molecule has 0 amide bonds. The molecule has 1 aliphatic heterocycles. The Morgan fingerprint density at radius 2 is 1.85 bits per heavy atom. The van der Waals surface area contributed by atoms with Gasteiger partial charge >= 0.3 is 0 Å². The number of nitrogens with one attached hydrogen (secondary N) is 2. The van der Waals surface area contributed by atoms with E-state index in [1.807, 2.05) is 0 Å². The van der Waals surface area contributed by atoms with Gasteiger partial charge in [0.2, 0.25) is 0 Å². The minimum Gasteiger partial charge on any atom is -0.436 e. The third kappa shape index (κ3) is 5.14. The number of hydrogen-bond acceptors (Lipinski definition) is 6. The molecule has 0 radical (unpaired) electrons. The van der Waals surface area contributed by atoms with Crippen LogP contribution in [0, 0.1) is 22.9 Å². The van der Waals surface area contributed by atoms with Gasteiger partial charge in [0.15, 0.2) is 15.7 Å². The monoisotopic (exact) mass is 485 g/mol. The summed E-state index contributed by atoms with van der Waals surface area (Å²) in [6, 6.07) is 3.92. The molecule has 0 spiro atoms. The lowest BCUT2D eigenvalue weighted by Crippen LogP contribution is -2.52. The van der Waals surface area contributed by atoms with E-state index < -0.39 is 48.8 Å². The van der Waals surface area contributed by atoms with Crippen LogP contribution in [0.25, 0.3) is 0 Å². The largest absolute Gasteiger partial charge is 0.436 e. The van der Waals surface area contributed by atoms with Crippen molar-refractivity contribution in [3.05, 3.63) is 53.5 Å². The molecular formula is C22H26F3N3O4S. The van der Waals surface area contributed by atoms with E-state index in [-0.39, 0.29) is 36.7 Å². The molecule has 33 heavy (non-hydrogen) atoms. The zero-order valence-corrected chi connectivity index (χ0v) is 19.5. The predicted octanol–water partition coefficient (Wildman–Crippen LogP) is 4.29. The van der Waals surface area contributed by atoms with Gasteiger partial charge in [-0.25, -0.2) is 26.6 Å². The maximum atomic E-state index is 15.0. The van der Waals surface area contributed by atoms with E-state index in [0.29, 0.717) is 6.07 Å². The fourth-order valence-electron chi connectivity index (χ4n) is 3.53. The van der Waals surface area contributed by atoms with Crippen molar-refractivity contribution in [1.29, 1.82) is 5.41 Å². The number of ether oxygens (including phenoxy) is 2. The van der Waals surface area contributed by atoms with Crippen LogP contribution in [0.2, 0.25) is 0 Å². The van der Waals surface area contributed by atoms with Crippen molar-refractivity contribution < 1.29 is 31.1 Å². The zero-order valence-electron chi connectivity index (χ0n) is 18.7. The number of sulfone groups is 1. The Morgan fingerprint density at radius 1 is 1.15 bits per heavy atom. The molecule has 1 atom stereocenters. The number of nitrogens with zero attached hydrogens (tertiary/aromatic N) is 1. The Bertz CT molecular complexity index is 1170. The van der Waals surface area contributed by atoms with Crippen LogP contribution in [0.15, 0.2) is 30.5 Å². The van der Waals surface area contributed by atoms with Crippen molar-refractivity contribution in [3.63, 3.8) is 0 Å². The lowest BCUT2D eigenvalue weighted by Gasteiger charge is -2.37. The number of pyridine rings is 1. The molecule has 0 saturated carbocycles. The summed E-state index contributed by atoms with van der Waals surface area (Å²) in [6.45, 7) is 6.64. The first-order valence-corrected chi connectivity index (χ1v) is 11.8. The first-order chi connectivity index (χ1) is 15.2. The van der Waals surface area contributed by atoms with Crippen LogP contribution in [0.4, 0.5) is 13.2 Å². The molecule has 180 valence electrons. The summed E-state index contributed by atoms with van der Waals surface area (Å²) >= 11 is 0. The highest BCUT2D eigenvalue weighted by Gasteiger charge is 2.48. The van der Waals surface area contributed by atoms with Gasteiger partial charge < -0.3 is 14.8 Å². The Kier molecular flexibility index (Phi) is 6.77. The summed E-state index contributed by atoms with van der Waals surface area (Å²) in [5.41, 5.74) is -1.16. The number of halogens is 3. The van der Waals surface area contributed by atoms with Crippen molar-refractivity contribution in [1.82, 2.24) is 10.3 Å². The van der Waals surface area contributed by atoms with E-state index in [2.05, 4.69) is 10.3 Å². The smallest absolute Gasteiger partial charge is 0.256 e. The van der Waals surface area contributed by atoms with E-state index in [0.717, 1.165) is 18.3 Å². The van der Waals surface area contributed by atoms with Crippen molar-refractivity contribution in [2.45, 2.75) is 49.7 Å². The minimum absolute atomic E-state index is 0.0820. The topological polar surface area (TPSA) is 101 Å². The van der Waals surface area contributed by atoms with Crippen LogP contribution < -0.4 is 10.1 Å². The maximum Gasteiger partial charge on any atom is 0.256 e. The normalized spacial score (nSPS) is 22.3. The Morgan fingerprint density at radius 3 is 2.52 bits per heavy atom. The van der Waals surface area contributed by atoms with Gasteiger partial charge in [-0.15, -0.1) is 0 Å². The number of amidine groups is 1. The van der Waals surface area contributed by atoms with Gasteiger partial charge in [0.05, 0.1) is 23.7 Å². The van der Waals surface area contributed by atoms with E-state index in [1.165, 1.54) is 19.9 Å². The van der Waals surface area contributed by atoms with Gasteiger partial charge in [0.25, 0.3) is 5.88 Å². The molecule has 2 aromatic rings. The van der Waals surface area contributed by atoms with Crippen molar-refractivity contribution in [3.8, 4) is 11.6 Å². The summed E-state index contributed by atoms with van der Waals surface area (Å²) in [5, 5.41) is 9.60. The van der Waals surface area contributed by atoms with Crippen molar-refractivity contribution >= 4 is 15.7 Å². The molecule has 0 aliphatic carbocycles. The number of benzene rings is 1. The summed E-state index contributed by atoms with van der Waals surface area (Å²) in [6.07, 6.45) is 0.658. The molecular weight excluding hydrogens is 459 g/mol. The molecule has 2 N–H and O–H groups in total. The fourth-order valence-corrected chi connectivity index (χ4v) is 5.73. The van der Waals surface area contributed by atoms with Crippen LogP contribution in [-0.2, 0) is 14.6 Å². The van der Waals surface area contributed by atoms with Crippen LogP contribution in [0.3, 0.4) is 0 Å². The molecule has 7 nitrogen and oxygen atoms in total. The number of rotatable bonds is 3. The van der Waals surface area contributed by atoms with Gasteiger partial charge in [-0.05, 0) is 52.3 Å². The van der Waals surface area contributed by atoms with E-state index in [9.17, 15) is 17.2 Å². The number of hydrogen-bond donors (Lipinski definition) is 2. The molecule has 1 fully saturated rings. The SMILES string of the molecule is CC1(C)C[C@H](c2cc(Oc3ncc(F)cc3F)ccc2F)S(=O)(=O)C(C)(C)C(=N)NCCO1. The van der Waals surface area contributed by atoms with Crippen molar-refractivity contribution in [2.24, 2.45) is 0 Å². The standard InChI is InChI=1S/C22H26F3N3O4S/c1-21(2)11-18(33(29,30)22(3,4)20(26)27-7-8-31-21)15-10-14(5-6-16(15)24)32-19-17(25)9-13(23)12-28-19/h5-6,9-10,12,18H,7-8,11H2,1-4H3,(H2,26,27)/t18-/m1/s1. The lowest BCUT2D eigenvalue weighted by atomic mass is 9.97. The fraction of sp³-hybridized carbons (Fsp3) is 0.455. The van der Waals surface area contributed by atoms with E-state index >= 15 is 4.39 Å². The summed E-state index contributed by atoms with van der Waals surface area (Å²) in [4.78, 5) is 3.53. The Hall–Kier alpha value is -2.66. The van der Waals surface area contributed by atoms with Gasteiger partial charge in [0.1, 0.15) is 28.0 Å². The number of aromatic nitrogens is 1. The highest BCUT2D eigenvalue weighted by molar-refractivity contribution is 7.93. The molecule has 1 aromatic heterocycles. The van der Waals surface area contributed by atoms with Crippen LogP contribution in [0.1, 0.15) is 44.9 Å². The highest BCUT2D eigenvalue weighted by Crippen LogP contribution is 2.41. The molecule has 1 aliphatic rings. The zero-order chi connectivity index (χ0) is 24.6. The van der Waals surface area contributed by atoms with Crippen LogP contribution in [0.5, 0.6) is 11.6 Å². The maximum absolute atomic E-state index is 15.0. The highest BCUT2D eigenvalue weighted by atomic mass is 32.2. The first-order valence-electron chi connectivity index (χ1n) is 10.2. The van der Waals surface area contributed by atoms with Crippen LogP contribution in [-0.4, -0.2) is 42.7 Å².